The molecular formula is C17H20FN2O9P. The Hall–Kier alpha value is -2.18. The van der Waals surface area contributed by atoms with Crippen LogP contribution in [0.1, 0.15) is 11.8 Å². The molecule has 164 valence electrons. The van der Waals surface area contributed by atoms with Gasteiger partial charge in [0, 0.05) is 18.8 Å². The fourth-order valence-electron chi connectivity index (χ4n) is 3.13. The van der Waals surface area contributed by atoms with Crippen LogP contribution >= 0.6 is 7.82 Å². The minimum Gasteiger partial charge on any atom is -0.387 e. The molecule has 0 saturated carbocycles. The zero-order chi connectivity index (χ0) is 22.1. The summed E-state index contributed by atoms with van der Waals surface area (Å²) < 4.78 is 35.9. The molecule has 0 spiro atoms. The molecule has 1 aromatic carbocycles. The first-order valence-electron chi connectivity index (χ1n) is 8.85. The van der Waals surface area contributed by atoms with E-state index in [0.717, 1.165) is 21.4 Å². The summed E-state index contributed by atoms with van der Waals surface area (Å²) >= 11 is 0. The number of halogens is 1. The number of nitrogens with zero attached hydrogens (tertiary/aromatic N) is 2. The second-order valence-electron chi connectivity index (χ2n) is 6.67. The molecule has 1 aromatic heterocycles. The predicted octanol–water partition coefficient (Wildman–Crippen LogP) is -0.880. The van der Waals surface area contributed by atoms with E-state index in [4.69, 9.17) is 14.5 Å². The van der Waals surface area contributed by atoms with E-state index in [1.807, 2.05) is 0 Å². The molecule has 4 atom stereocenters. The van der Waals surface area contributed by atoms with Gasteiger partial charge in [0.2, 0.25) is 0 Å². The van der Waals surface area contributed by atoms with Gasteiger partial charge in [-0.1, -0.05) is 18.2 Å². The van der Waals surface area contributed by atoms with Crippen molar-refractivity contribution in [1.82, 2.24) is 9.13 Å². The van der Waals surface area contributed by atoms with Gasteiger partial charge in [0.25, 0.3) is 5.56 Å². The van der Waals surface area contributed by atoms with Gasteiger partial charge in [-0.3, -0.25) is 18.5 Å². The Kier molecular flexibility index (Phi) is 6.68. The van der Waals surface area contributed by atoms with Gasteiger partial charge in [-0.2, -0.15) is 0 Å². The van der Waals surface area contributed by atoms with E-state index >= 15 is 0 Å². The smallest absolute Gasteiger partial charge is 0.387 e. The van der Waals surface area contributed by atoms with Crippen LogP contribution in [0.5, 0.6) is 0 Å². The predicted molar refractivity (Wildman–Crippen MR) is 99.0 cm³/mol. The summed E-state index contributed by atoms with van der Waals surface area (Å²) in [5.74, 6) is -0.479. The molecule has 1 fully saturated rings. The van der Waals surface area contributed by atoms with Crippen LogP contribution in [0, 0.1) is 5.82 Å². The topological polar surface area (TPSA) is 160 Å². The summed E-state index contributed by atoms with van der Waals surface area (Å²) in [5, 5.41) is 20.3. The van der Waals surface area contributed by atoms with Gasteiger partial charge in [-0.15, -0.1) is 0 Å². The maximum Gasteiger partial charge on any atom is 0.469 e. The highest BCUT2D eigenvalue weighted by atomic mass is 31.2. The molecule has 1 unspecified atom stereocenters. The second-order valence-corrected chi connectivity index (χ2v) is 7.91. The number of hydrogen-bond donors (Lipinski definition) is 4. The van der Waals surface area contributed by atoms with Crippen LogP contribution in [0.15, 0.2) is 46.1 Å². The van der Waals surface area contributed by atoms with Crippen molar-refractivity contribution in [1.29, 1.82) is 0 Å². The molecule has 0 bridgehead atoms. The zero-order valence-electron chi connectivity index (χ0n) is 15.4. The molecule has 13 heteroatoms. The van der Waals surface area contributed by atoms with Gasteiger partial charge in [-0.05, 0) is 18.1 Å². The van der Waals surface area contributed by atoms with E-state index < -0.39 is 56.0 Å². The monoisotopic (exact) mass is 446 g/mol. The van der Waals surface area contributed by atoms with Gasteiger partial charge < -0.3 is 24.7 Å². The first-order valence-corrected chi connectivity index (χ1v) is 10.4. The average molecular weight is 446 g/mol. The average Bonchev–Trinajstić information content (AvgIpc) is 2.95. The lowest BCUT2D eigenvalue weighted by Crippen LogP contribution is -2.43. The Labute approximate surface area is 168 Å². The molecule has 11 nitrogen and oxygen atoms in total. The lowest BCUT2D eigenvalue weighted by molar-refractivity contribution is -0.0548. The van der Waals surface area contributed by atoms with E-state index in [0.29, 0.717) is 5.56 Å². The number of benzene rings is 1. The molecule has 1 aliphatic heterocycles. The molecule has 4 N–H and O–H groups in total. The first kappa shape index (κ1) is 22.5. The molecule has 0 amide bonds. The summed E-state index contributed by atoms with van der Waals surface area (Å²) in [6.07, 6.45) is -4.88. The van der Waals surface area contributed by atoms with Crippen molar-refractivity contribution < 1.29 is 38.2 Å². The summed E-state index contributed by atoms with van der Waals surface area (Å²) in [4.78, 5) is 42.4. The standard InChI is InChI=1S/C17H20FN2O9P/c18-11-4-2-1-3-10(11)5-7-19-13(21)6-8-20(17(19)24)16-15(23)14(22)12(29-16)9-28-30(25,26)27/h1-4,6,8,12,14-16,22-23H,5,7,9H2,(H2,25,26,27)/t12-,14+,15?,16-/m1/s1. The Morgan fingerprint density at radius 1 is 1.13 bits per heavy atom. The first-order chi connectivity index (χ1) is 14.1. The van der Waals surface area contributed by atoms with Crippen molar-refractivity contribution in [2.24, 2.45) is 0 Å². The molecule has 2 aromatic rings. The van der Waals surface area contributed by atoms with Crippen molar-refractivity contribution >= 4 is 7.82 Å². The Morgan fingerprint density at radius 2 is 1.83 bits per heavy atom. The molecule has 30 heavy (non-hydrogen) atoms. The Bertz CT molecular complexity index is 1070. The van der Waals surface area contributed by atoms with Crippen LogP contribution < -0.4 is 11.2 Å². The van der Waals surface area contributed by atoms with Gasteiger partial charge >= 0.3 is 13.5 Å². The summed E-state index contributed by atoms with van der Waals surface area (Å²) in [5.41, 5.74) is -1.21. The maximum absolute atomic E-state index is 13.8. The lowest BCUT2D eigenvalue weighted by atomic mass is 10.1. The van der Waals surface area contributed by atoms with Gasteiger partial charge in [0.1, 0.15) is 24.1 Å². The number of hydrogen-bond acceptors (Lipinski definition) is 7. The SMILES string of the molecule is O=c1ccn([C@@H]2O[C@H](COP(=O)(O)O)[C@H](O)C2O)c(=O)n1CCc1ccccc1F. The zero-order valence-corrected chi connectivity index (χ0v) is 16.3. The molecule has 3 rings (SSSR count). The number of aryl methyl sites for hydroxylation is 1. The van der Waals surface area contributed by atoms with Crippen LogP contribution in [0.3, 0.4) is 0 Å². The molecule has 2 heterocycles. The third kappa shape index (κ3) is 4.93. The second kappa shape index (κ2) is 8.90. The third-order valence-electron chi connectivity index (χ3n) is 4.68. The fourth-order valence-corrected chi connectivity index (χ4v) is 3.47. The minimum atomic E-state index is -4.84. The number of phosphoric ester groups is 1. The van der Waals surface area contributed by atoms with Crippen LogP contribution in [-0.4, -0.2) is 54.1 Å². The molecule has 1 saturated heterocycles. The Balaban J connectivity index is 1.82. The Morgan fingerprint density at radius 3 is 2.50 bits per heavy atom. The minimum absolute atomic E-state index is 0.0568. The van der Waals surface area contributed by atoms with Crippen molar-refractivity contribution in [3.63, 3.8) is 0 Å². The molecule has 0 radical (unpaired) electrons. The van der Waals surface area contributed by atoms with Crippen molar-refractivity contribution in [3.05, 3.63) is 68.7 Å². The van der Waals surface area contributed by atoms with E-state index in [2.05, 4.69) is 4.52 Å². The fraction of sp³-hybridized carbons (Fsp3) is 0.412. The van der Waals surface area contributed by atoms with Gasteiger partial charge in [0.15, 0.2) is 6.23 Å². The van der Waals surface area contributed by atoms with Gasteiger partial charge in [-0.25, -0.2) is 13.8 Å². The van der Waals surface area contributed by atoms with E-state index in [1.54, 1.807) is 6.07 Å². The summed E-state index contributed by atoms with van der Waals surface area (Å²) in [6.45, 7) is -0.879. The van der Waals surface area contributed by atoms with E-state index in [9.17, 15) is 28.8 Å². The van der Waals surface area contributed by atoms with E-state index in [1.165, 1.54) is 18.2 Å². The molecule has 1 aliphatic rings. The number of aliphatic hydroxyl groups is 2. The number of aromatic nitrogens is 2. The normalized spacial score (nSPS) is 24.3. The van der Waals surface area contributed by atoms with E-state index in [-0.39, 0.29) is 13.0 Å². The highest BCUT2D eigenvalue weighted by molar-refractivity contribution is 7.46. The van der Waals surface area contributed by atoms with Gasteiger partial charge in [0.05, 0.1) is 6.61 Å². The largest absolute Gasteiger partial charge is 0.469 e. The number of phosphoric acid groups is 1. The number of aliphatic hydroxyl groups excluding tert-OH is 2. The van der Waals surface area contributed by atoms with Crippen LogP contribution in [0.2, 0.25) is 0 Å². The third-order valence-corrected chi connectivity index (χ3v) is 5.16. The molecule has 0 aliphatic carbocycles. The van der Waals surface area contributed by atoms with Crippen LogP contribution in [0.25, 0.3) is 0 Å². The number of ether oxygens (including phenoxy) is 1. The quantitative estimate of drug-likeness (QED) is 0.396. The highest BCUT2D eigenvalue weighted by Gasteiger charge is 2.45. The van der Waals surface area contributed by atoms with Crippen molar-refractivity contribution in [2.45, 2.75) is 37.5 Å². The number of rotatable bonds is 7. The molecular weight excluding hydrogens is 426 g/mol. The van der Waals surface area contributed by atoms with Crippen LogP contribution in [0.4, 0.5) is 4.39 Å². The highest BCUT2D eigenvalue weighted by Crippen LogP contribution is 2.38. The summed E-state index contributed by atoms with van der Waals surface area (Å²) in [6, 6.07) is 6.95. The van der Waals surface area contributed by atoms with Crippen molar-refractivity contribution in [3.8, 4) is 0 Å². The summed E-state index contributed by atoms with van der Waals surface area (Å²) in [7, 11) is -4.84. The van der Waals surface area contributed by atoms with Crippen molar-refractivity contribution in [2.75, 3.05) is 6.61 Å². The lowest BCUT2D eigenvalue weighted by Gasteiger charge is -2.19. The maximum atomic E-state index is 13.8. The van der Waals surface area contributed by atoms with Crippen LogP contribution in [-0.2, 0) is 26.8 Å².